The lowest BCUT2D eigenvalue weighted by atomic mass is 9.62. The van der Waals surface area contributed by atoms with E-state index in [1.807, 2.05) is 23.6 Å². The summed E-state index contributed by atoms with van der Waals surface area (Å²) in [5.74, 6) is -0.870. The highest BCUT2D eigenvalue weighted by molar-refractivity contribution is 7.12. The van der Waals surface area contributed by atoms with Gasteiger partial charge in [0.15, 0.2) is 0 Å². The van der Waals surface area contributed by atoms with Gasteiger partial charge in [0.1, 0.15) is 4.88 Å². The van der Waals surface area contributed by atoms with Crippen LogP contribution in [-0.4, -0.2) is 11.1 Å². The van der Waals surface area contributed by atoms with Gasteiger partial charge in [0.05, 0.1) is 0 Å². The van der Waals surface area contributed by atoms with Crippen molar-refractivity contribution in [2.75, 3.05) is 0 Å². The molecular formula is C25H30O2S. The first-order chi connectivity index (χ1) is 13.0. The molecule has 3 heteroatoms. The molecule has 1 heterocycles. The number of carbonyl (C=O) groups is 1. The molecule has 2 aromatic rings. The Hall–Kier alpha value is -2.13. The Morgan fingerprint density at radius 1 is 1.11 bits per heavy atom. The third-order valence-electron chi connectivity index (χ3n) is 6.13. The largest absolute Gasteiger partial charge is 0.477 e. The lowest BCUT2D eigenvalue weighted by Gasteiger charge is -2.42. The molecule has 0 fully saturated rings. The number of aromatic carboxylic acids is 1. The summed E-state index contributed by atoms with van der Waals surface area (Å²) in [4.78, 5) is 11.6. The maximum absolute atomic E-state index is 11.3. The van der Waals surface area contributed by atoms with Crippen molar-refractivity contribution in [1.82, 2.24) is 0 Å². The molecule has 0 radical (unpaired) electrons. The predicted octanol–water partition coefficient (Wildman–Crippen LogP) is 7.22. The van der Waals surface area contributed by atoms with Crippen molar-refractivity contribution in [3.05, 3.63) is 68.4 Å². The van der Waals surface area contributed by atoms with Crippen LogP contribution in [0.2, 0.25) is 0 Å². The average molecular weight is 395 g/mol. The first kappa shape index (κ1) is 20.6. The molecule has 0 saturated heterocycles. The van der Waals surface area contributed by atoms with E-state index >= 15 is 0 Å². The van der Waals surface area contributed by atoms with Gasteiger partial charge < -0.3 is 5.11 Å². The van der Waals surface area contributed by atoms with E-state index in [9.17, 15) is 9.90 Å². The van der Waals surface area contributed by atoms with Crippen molar-refractivity contribution < 1.29 is 9.90 Å². The second kappa shape index (κ2) is 7.36. The summed E-state index contributed by atoms with van der Waals surface area (Å²) in [7, 11) is 0. The molecule has 0 unspecified atom stereocenters. The van der Waals surface area contributed by atoms with Gasteiger partial charge >= 0.3 is 5.97 Å². The van der Waals surface area contributed by atoms with Crippen molar-refractivity contribution in [1.29, 1.82) is 0 Å². The van der Waals surface area contributed by atoms with E-state index < -0.39 is 5.97 Å². The maximum Gasteiger partial charge on any atom is 0.346 e. The Kier molecular flexibility index (Phi) is 5.42. The third-order valence-corrected chi connectivity index (χ3v) is 7.05. The van der Waals surface area contributed by atoms with Gasteiger partial charge in [0.2, 0.25) is 0 Å². The van der Waals surface area contributed by atoms with Gasteiger partial charge in [0, 0.05) is 0 Å². The van der Waals surface area contributed by atoms with E-state index in [2.05, 4.69) is 59.8 Å². The molecule has 28 heavy (non-hydrogen) atoms. The van der Waals surface area contributed by atoms with Crippen molar-refractivity contribution >= 4 is 29.0 Å². The molecular weight excluding hydrogens is 364 g/mol. The number of carboxylic acids is 1. The van der Waals surface area contributed by atoms with Gasteiger partial charge in [-0.25, -0.2) is 4.79 Å². The molecule has 0 saturated carbocycles. The molecule has 0 bridgehead atoms. The number of hydrogen-bond acceptors (Lipinski definition) is 2. The Morgan fingerprint density at radius 2 is 1.71 bits per heavy atom. The number of fused-ring (bicyclic) bond motifs is 1. The molecule has 0 atom stereocenters. The van der Waals surface area contributed by atoms with E-state index in [0.717, 1.165) is 5.56 Å². The number of rotatable bonds is 4. The van der Waals surface area contributed by atoms with E-state index in [1.54, 1.807) is 0 Å². The van der Waals surface area contributed by atoms with Gasteiger partial charge in [-0.05, 0) is 82.4 Å². The van der Waals surface area contributed by atoms with Crippen LogP contribution in [0.1, 0.15) is 84.9 Å². The average Bonchev–Trinajstić information content (AvgIpc) is 3.07. The summed E-state index contributed by atoms with van der Waals surface area (Å²) >= 11 is 1.26. The molecule has 0 aliphatic heterocycles. The first-order valence-corrected chi connectivity index (χ1v) is 10.7. The Morgan fingerprint density at radius 3 is 2.32 bits per heavy atom. The van der Waals surface area contributed by atoms with Crippen LogP contribution in [0, 0.1) is 6.92 Å². The summed E-state index contributed by atoms with van der Waals surface area (Å²) in [5, 5.41) is 11.1. The number of aryl methyl sites for hydroxylation is 1. The Balaban J connectivity index is 1.97. The van der Waals surface area contributed by atoms with Crippen LogP contribution in [0.25, 0.3) is 11.6 Å². The van der Waals surface area contributed by atoms with E-state index in [4.69, 9.17) is 0 Å². The minimum Gasteiger partial charge on any atom is -0.477 e. The first-order valence-electron chi connectivity index (χ1n) is 9.85. The second-order valence-electron chi connectivity index (χ2n) is 9.20. The molecule has 1 N–H and O–H groups in total. The van der Waals surface area contributed by atoms with Gasteiger partial charge in [-0.15, -0.1) is 11.3 Å². The van der Waals surface area contributed by atoms with E-state index in [0.29, 0.717) is 4.88 Å². The van der Waals surface area contributed by atoms with Gasteiger partial charge in [-0.3, -0.25) is 0 Å². The zero-order chi connectivity index (χ0) is 20.7. The van der Waals surface area contributed by atoms with Gasteiger partial charge in [-0.2, -0.15) is 0 Å². The van der Waals surface area contributed by atoms with E-state index in [-0.39, 0.29) is 10.8 Å². The van der Waals surface area contributed by atoms with Crippen LogP contribution in [0.5, 0.6) is 0 Å². The summed E-state index contributed by atoms with van der Waals surface area (Å²) < 4.78 is 0. The highest BCUT2D eigenvalue weighted by atomic mass is 32.1. The van der Waals surface area contributed by atoms with Crippen LogP contribution >= 0.6 is 11.3 Å². The minimum atomic E-state index is -0.870. The number of carboxylic acid groups (broad SMARTS) is 1. The van der Waals surface area contributed by atoms with Gasteiger partial charge in [-0.1, -0.05) is 58.1 Å². The standard InChI is InChI=1S/C25H30O2S/c1-16(8-7-9-18-10-13-28-22(18)23(26)27)19-15-21-20(14-17(19)2)24(3,4)11-12-25(21,5)6/h7-10,13-15H,11-12H2,1-6H3,(H,26,27)/b9-7+,16-8?. The van der Waals surface area contributed by atoms with Gasteiger partial charge in [0.25, 0.3) is 0 Å². The zero-order valence-electron chi connectivity index (χ0n) is 17.7. The van der Waals surface area contributed by atoms with E-state index in [1.165, 1.54) is 52.0 Å². The number of thiophene rings is 1. The van der Waals surface area contributed by atoms with Crippen LogP contribution in [0.3, 0.4) is 0 Å². The molecule has 3 rings (SSSR count). The lowest BCUT2D eigenvalue weighted by Crippen LogP contribution is -2.34. The SMILES string of the molecule is CC(=C/C=C/c1ccsc1C(=O)O)c1cc2c(cc1C)C(C)(C)CCC2(C)C. The molecule has 1 aromatic heterocycles. The normalized spacial score (nSPS) is 18.3. The highest BCUT2D eigenvalue weighted by Crippen LogP contribution is 2.47. The highest BCUT2D eigenvalue weighted by Gasteiger charge is 2.37. The summed E-state index contributed by atoms with van der Waals surface area (Å²) in [6.45, 7) is 13.7. The fraction of sp³-hybridized carbons (Fsp3) is 0.400. The van der Waals surface area contributed by atoms with Crippen LogP contribution in [-0.2, 0) is 10.8 Å². The molecule has 0 spiro atoms. The van der Waals surface area contributed by atoms with Crippen molar-refractivity contribution in [2.45, 2.75) is 65.2 Å². The molecule has 1 aromatic carbocycles. The minimum absolute atomic E-state index is 0.191. The summed E-state index contributed by atoms with van der Waals surface area (Å²) in [6.07, 6.45) is 8.34. The van der Waals surface area contributed by atoms with Crippen LogP contribution in [0.15, 0.2) is 35.7 Å². The second-order valence-corrected chi connectivity index (χ2v) is 10.1. The lowest BCUT2D eigenvalue weighted by molar-refractivity contribution is 0.0702. The molecule has 1 aliphatic rings. The van der Waals surface area contributed by atoms with Crippen LogP contribution in [0.4, 0.5) is 0 Å². The molecule has 1 aliphatic carbocycles. The number of allylic oxidation sites excluding steroid dienone is 3. The van der Waals surface area contributed by atoms with Crippen molar-refractivity contribution in [3.63, 3.8) is 0 Å². The fourth-order valence-corrected chi connectivity index (χ4v) is 4.88. The predicted molar refractivity (Wildman–Crippen MR) is 120 cm³/mol. The molecule has 148 valence electrons. The van der Waals surface area contributed by atoms with Crippen LogP contribution < -0.4 is 0 Å². The zero-order valence-corrected chi connectivity index (χ0v) is 18.5. The van der Waals surface area contributed by atoms with Crippen molar-refractivity contribution in [3.8, 4) is 0 Å². The Labute approximate surface area is 172 Å². The Bertz CT molecular complexity index is 970. The topological polar surface area (TPSA) is 37.3 Å². The molecule has 0 amide bonds. The smallest absolute Gasteiger partial charge is 0.346 e. The monoisotopic (exact) mass is 394 g/mol. The fourth-order valence-electron chi connectivity index (χ4n) is 4.16. The van der Waals surface area contributed by atoms with Crippen molar-refractivity contribution in [2.24, 2.45) is 0 Å². The quantitative estimate of drug-likeness (QED) is 0.556. The molecule has 2 nitrogen and oxygen atoms in total. The maximum atomic E-state index is 11.3. The number of hydrogen-bond donors (Lipinski definition) is 1. The third kappa shape index (κ3) is 3.86. The number of benzene rings is 1. The summed E-state index contributed by atoms with van der Waals surface area (Å²) in [6, 6.07) is 6.62. The summed E-state index contributed by atoms with van der Waals surface area (Å²) in [5.41, 5.74) is 7.89.